The first-order valence-corrected chi connectivity index (χ1v) is 18.0. The number of esters is 2. The van der Waals surface area contributed by atoms with E-state index in [1.807, 2.05) is 18.2 Å². The fraction of sp³-hybridized carbons (Fsp3) is 0.703. The summed E-state index contributed by atoms with van der Waals surface area (Å²) in [4.78, 5) is 59.0. The molecule has 0 unspecified atom stereocenters. The molecule has 16 heteroatoms. The third-order valence-electron chi connectivity index (χ3n) is 7.50. The smallest absolute Gasteiger partial charge is 0.434 e. The molecule has 1 atom stereocenters. The summed E-state index contributed by atoms with van der Waals surface area (Å²) in [6.45, 7) is 13.9. The van der Waals surface area contributed by atoms with Crippen LogP contribution in [-0.2, 0) is 55.8 Å². The molecule has 0 saturated heterocycles. The third kappa shape index (κ3) is 20.0. The van der Waals surface area contributed by atoms with Crippen molar-refractivity contribution in [3.05, 3.63) is 39.8 Å². The van der Waals surface area contributed by atoms with Crippen molar-refractivity contribution in [1.82, 2.24) is 4.90 Å². The largest absolute Gasteiger partial charge is 0.494 e. The van der Waals surface area contributed by atoms with Gasteiger partial charge in [0.2, 0.25) is 5.91 Å². The zero-order chi connectivity index (χ0) is 39.3. The quantitative estimate of drug-likeness (QED) is 0.0266. The van der Waals surface area contributed by atoms with Crippen LogP contribution in [-0.4, -0.2) is 112 Å². The van der Waals surface area contributed by atoms with E-state index in [2.05, 4.69) is 15.0 Å². The second-order valence-electron chi connectivity index (χ2n) is 14.4. The van der Waals surface area contributed by atoms with E-state index in [0.717, 1.165) is 11.1 Å². The van der Waals surface area contributed by atoms with Gasteiger partial charge in [-0.05, 0) is 96.0 Å². The molecule has 1 heterocycles. The van der Waals surface area contributed by atoms with E-state index < -0.39 is 35.2 Å². The molecule has 0 bridgehead atoms. The standard InChI is InChI=1S/C37H57N5O11/c1-36(2,3)52-33(44)25-30(40-35(46)53-37(4,5)6)10-8-9-15-51-31-12-11-27-22-28(24-32(43)47-7)34(45)42(26-29(27)23-31)14-17-49-19-21-50-20-18-48-16-13-39-41-38/h11-12,23,28H,8-10,13-22,24-26H2,1-7H3/t28-/m0/s1. The van der Waals surface area contributed by atoms with Crippen molar-refractivity contribution in [3.63, 3.8) is 0 Å². The molecule has 0 fully saturated rings. The van der Waals surface area contributed by atoms with Crippen LogP contribution in [0.25, 0.3) is 10.4 Å². The highest BCUT2D eigenvalue weighted by Gasteiger charge is 2.31. The van der Waals surface area contributed by atoms with E-state index in [9.17, 15) is 19.2 Å². The van der Waals surface area contributed by atoms with Gasteiger partial charge >= 0.3 is 18.0 Å². The van der Waals surface area contributed by atoms with Gasteiger partial charge in [-0.25, -0.2) is 4.79 Å². The second-order valence-corrected chi connectivity index (χ2v) is 14.4. The molecule has 1 aliphatic rings. The predicted octanol–water partition coefficient (Wildman–Crippen LogP) is 5.77. The summed E-state index contributed by atoms with van der Waals surface area (Å²) in [7, 11) is 1.31. The number of unbranched alkanes of at least 4 members (excludes halogenated alkanes) is 1. The number of nitrogens with zero attached hydrogens (tertiary/aromatic N) is 5. The summed E-state index contributed by atoms with van der Waals surface area (Å²) >= 11 is 0. The van der Waals surface area contributed by atoms with Gasteiger partial charge in [0, 0.05) is 30.3 Å². The van der Waals surface area contributed by atoms with E-state index >= 15 is 0 Å². The highest BCUT2D eigenvalue weighted by Crippen LogP contribution is 2.28. The third-order valence-corrected chi connectivity index (χ3v) is 7.50. The van der Waals surface area contributed by atoms with Gasteiger partial charge in [-0.3, -0.25) is 14.4 Å². The Kier molecular flexibility index (Phi) is 19.9. The Bertz CT molecular complexity index is 1410. The van der Waals surface area contributed by atoms with Gasteiger partial charge in [0.25, 0.3) is 0 Å². The van der Waals surface area contributed by atoms with Crippen molar-refractivity contribution in [2.75, 3.05) is 66.4 Å². The number of hydrogen-bond donors (Lipinski definition) is 0. The molecule has 1 aromatic carbocycles. The fourth-order valence-corrected chi connectivity index (χ4v) is 5.20. The summed E-state index contributed by atoms with van der Waals surface area (Å²) in [6.07, 6.45) is 1.09. The lowest BCUT2D eigenvalue weighted by Crippen LogP contribution is -2.38. The molecule has 0 spiro atoms. The molecule has 2 amide bonds. The summed E-state index contributed by atoms with van der Waals surface area (Å²) < 4.78 is 38.2. The Morgan fingerprint density at radius 1 is 0.868 bits per heavy atom. The van der Waals surface area contributed by atoms with Crippen molar-refractivity contribution in [2.45, 2.75) is 97.8 Å². The van der Waals surface area contributed by atoms with Crippen LogP contribution in [0.3, 0.4) is 0 Å². The van der Waals surface area contributed by atoms with Gasteiger partial charge in [-0.2, -0.15) is 4.99 Å². The maximum absolute atomic E-state index is 13.6. The van der Waals surface area contributed by atoms with Crippen LogP contribution >= 0.6 is 0 Å². The zero-order valence-corrected chi connectivity index (χ0v) is 32.3. The first kappa shape index (κ1) is 44.9. The van der Waals surface area contributed by atoms with E-state index in [4.69, 9.17) is 38.7 Å². The highest BCUT2D eigenvalue weighted by molar-refractivity contribution is 6.03. The molecule has 53 heavy (non-hydrogen) atoms. The molecule has 0 N–H and O–H groups in total. The Labute approximate surface area is 312 Å². The van der Waals surface area contributed by atoms with Gasteiger partial charge in [0.1, 0.15) is 17.0 Å². The van der Waals surface area contributed by atoms with Gasteiger partial charge in [0.15, 0.2) is 0 Å². The molecular weight excluding hydrogens is 690 g/mol. The molecule has 296 valence electrons. The maximum Gasteiger partial charge on any atom is 0.434 e. The highest BCUT2D eigenvalue weighted by atomic mass is 16.6. The monoisotopic (exact) mass is 747 g/mol. The Morgan fingerprint density at radius 2 is 1.53 bits per heavy atom. The first-order valence-electron chi connectivity index (χ1n) is 18.0. The van der Waals surface area contributed by atoms with Crippen molar-refractivity contribution in [1.29, 1.82) is 0 Å². The lowest BCUT2D eigenvalue weighted by Gasteiger charge is -2.24. The molecular formula is C37H57N5O11. The number of amides is 2. The van der Waals surface area contributed by atoms with E-state index in [0.29, 0.717) is 89.9 Å². The van der Waals surface area contributed by atoms with Gasteiger partial charge < -0.3 is 38.1 Å². The Balaban J connectivity index is 1.96. The molecule has 0 radical (unpaired) electrons. The Morgan fingerprint density at radius 3 is 2.17 bits per heavy atom. The summed E-state index contributed by atoms with van der Waals surface area (Å²) in [5.41, 5.74) is 9.12. The molecule has 16 nitrogen and oxygen atoms in total. The van der Waals surface area contributed by atoms with E-state index in [1.54, 1.807) is 46.4 Å². The van der Waals surface area contributed by atoms with Crippen LogP contribution in [0.15, 0.2) is 28.3 Å². The van der Waals surface area contributed by atoms with Crippen molar-refractivity contribution in [3.8, 4) is 5.75 Å². The fourth-order valence-electron chi connectivity index (χ4n) is 5.20. The van der Waals surface area contributed by atoms with Gasteiger partial charge in [0.05, 0.1) is 72.1 Å². The Hall–Kier alpha value is -4.24. The number of hydrogen-bond acceptors (Lipinski definition) is 12. The summed E-state index contributed by atoms with van der Waals surface area (Å²) in [5.74, 6) is -1.01. The number of carbonyl (C=O) groups is 4. The predicted molar refractivity (Wildman–Crippen MR) is 196 cm³/mol. The van der Waals surface area contributed by atoms with Crippen LogP contribution in [0.5, 0.6) is 5.75 Å². The summed E-state index contributed by atoms with van der Waals surface area (Å²) in [5, 5.41) is 3.39. The number of aliphatic imine (C=N–C) groups is 1. The minimum absolute atomic E-state index is 0.0314. The van der Waals surface area contributed by atoms with E-state index in [1.165, 1.54) is 7.11 Å². The molecule has 0 aliphatic carbocycles. The van der Waals surface area contributed by atoms with Crippen molar-refractivity contribution >= 4 is 29.7 Å². The number of carbonyl (C=O) groups excluding carboxylic acids is 4. The normalized spacial score (nSPS) is 14.8. The maximum atomic E-state index is 13.6. The number of benzene rings is 1. The number of methoxy groups -OCH3 is 1. The minimum atomic E-state index is -0.752. The SMILES string of the molecule is COC(=O)C[C@@H]1Cc2ccc(OCCCCC(CC(=O)OC(C)(C)C)=NC(=O)OC(C)(C)C)cc2CN(CCOCCOCCOCCN=[N+]=[N-])C1=O. The topological polar surface area (TPSA) is 197 Å². The number of azide groups is 1. The number of ether oxygens (including phenoxy) is 7. The van der Waals surface area contributed by atoms with Gasteiger partial charge in [-0.15, -0.1) is 0 Å². The zero-order valence-electron chi connectivity index (χ0n) is 32.3. The molecule has 1 aliphatic heterocycles. The number of fused-ring (bicyclic) bond motifs is 1. The molecule has 1 aromatic rings. The second kappa shape index (κ2) is 23.4. The van der Waals surface area contributed by atoms with E-state index in [-0.39, 0.29) is 31.9 Å². The lowest BCUT2D eigenvalue weighted by atomic mass is 9.94. The van der Waals surface area contributed by atoms with Crippen LogP contribution in [0.4, 0.5) is 4.79 Å². The van der Waals surface area contributed by atoms with Crippen molar-refractivity contribution < 1.29 is 52.3 Å². The first-order chi connectivity index (χ1) is 25.1. The average molecular weight is 748 g/mol. The number of rotatable bonds is 22. The van der Waals surface area contributed by atoms with Crippen LogP contribution < -0.4 is 4.74 Å². The van der Waals surface area contributed by atoms with Crippen molar-refractivity contribution in [2.24, 2.45) is 16.0 Å². The minimum Gasteiger partial charge on any atom is -0.494 e. The lowest BCUT2D eigenvalue weighted by molar-refractivity contribution is -0.153. The molecule has 0 saturated carbocycles. The molecule has 0 aromatic heterocycles. The van der Waals surface area contributed by atoms with Crippen LogP contribution in [0.1, 0.15) is 84.8 Å². The van der Waals surface area contributed by atoms with Crippen LogP contribution in [0.2, 0.25) is 0 Å². The summed E-state index contributed by atoms with van der Waals surface area (Å²) in [6, 6.07) is 5.68. The van der Waals surface area contributed by atoms with Gasteiger partial charge in [-0.1, -0.05) is 11.2 Å². The molecule has 2 rings (SSSR count). The van der Waals surface area contributed by atoms with Crippen LogP contribution in [0, 0.1) is 5.92 Å². The average Bonchev–Trinajstić information content (AvgIpc) is 3.18.